The van der Waals surface area contributed by atoms with E-state index < -0.39 is 0 Å². The molecule has 0 aliphatic carbocycles. The number of hydrogen-bond donors (Lipinski definition) is 2. The Morgan fingerprint density at radius 1 is 1.18 bits per heavy atom. The molecule has 0 radical (unpaired) electrons. The van der Waals surface area contributed by atoms with Gasteiger partial charge in [-0.2, -0.15) is 10.1 Å². The minimum absolute atomic E-state index is 0.468. The van der Waals surface area contributed by atoms with E-state index in [1.54, 1.807) is 17.1 Å². The first-order chi connectivity index (χ1) is 10.7. The van der Waals surface area contributed by atoms with Gasteiger partial charge in [0.05, 0.1) is 12.4 Å². The highest BCUT2D eigenvalue weighted by molar-refractivity contribution is 6.32. The Morgan fingerprint density at radius 2 is 2.00 bits per heavy atom. The normalized spacial score (nSPS) is 10.5. The number of rotatable bonds is 5. The number of anilines is 3. The Bertz CT molecular complexity index is 756. The Hall–Kier alpha value is -2.60. The first-order valence-electron chi connectivity index (χ1n) is 6.77. The summed E-state index contributed by atoms with van der Waals surface area (Å²) in [6.45, 7) is 0.597. The fourth-order valence-electron chi connectivity index (χ4n) is 1.94. The van der Waals surface area contributed by atoms with Gasteiger partial charge < -0.3 is 10.6 Å². The van der Waals surface area contributed by atoms with Gasteiger partial charge in [0.2, 0.25) is 5.95 Å². The van der Waals surface area contributed by atoms with E-state index in [1.165, 1.54) is 0 Å². The van der Waals surface area contributed by atoms with E-state index in [2.05, 4.69) is 25.7 Å². The smallest absolute Gasteiger partial charge is 0.224 e. The quantitative estimate of drug-likeness (QED) is 0.757. The molecule has 7 heteroatoms. The van der Waals surface area contributed by atoms with Crippen LogP contribution in [0.1, 0.15) is 5.56 Å². The number of aryl methyl sites for hydroxylation is 1. The summed E-state index contributed by atoms with van der Waals surface area (Å²) in [5.41, 5.74) is 1.97. The summed E-state index contributed by atoms with van der Waals surface area (Å²) in [4.78, 5) is 8.58. The van der Waals surface area contributed by atoms with Crippen molar-refractivity contribution in [1.82, 2.24) is 19.7 Å². The predicted octanol–water partition coefficient (Wildman–Crippen LogP) is 3.22. The number of para-hydroxylation sites is 1. The van der Waals surface area contributed by atoms with Crippen LogP contribution in [-0.2, 0) is 13.6 Å². The fourth-order valence-corrected chi connectivity index (χ4v) is 2.08. The number of aromatic nitrogens is 4. The molecule has 0 aliphatic heterocycles. The molecule has 0 unspecified atom stereocenters. The van der Waals surface area contributed by atoms with E-state index in [-0.39, 0.29) is 0 Å². The number of hydrogen-bond acceptors (Lipinski definition) is 5. The van der Waals surface area contributed by atoms with Gasteiger partial charge >= 0.3 is 0 Å². The topological polar surface area (TPSA) is 67.7 Å². The minimum atomic E-state index is 0.468. The zero-order chi connectivity index (χ0) is 15.4. The Balaban J connectivity index is 1.72. The van der Waals surface area contributed by atoms with Crippen LogP contribution in [-0.4, -0.2) is 19.7 Å². The van der Waals surface area contributed by atoms with E-state index >= 15 is 0 Å². The maximum absolute atomic E-state index is 6.14. The molecule has 112 valence electrons. The molecule has 3 aromatic rings. The van der Waals surface area contributed by atoms with Gasteiger partial charge in [-0.25, -0.2) is 4.98 Å². The average molecular weight is 315 g/mol. The Kier molecular flexibility index (Phi) is 4.20. The van der Waals surface area contributed by atoms with Gasteiger partial charge in [0, 0.05) is 31.0 Å². The first-order valence-corrected chi connectivity index (χ1v) is 7.14. The van der Waals surface area contributed by atoms with Crippen LogP contribution in [0, 0.1) is 0 Å². The lowest BCUT2D eigenvalue weighted by molar-refractivity contribution is 0.767. The van der Waals surface area contributed by atoms with E-state index in [4.69, 9.17) is 11.6 Å². The molecule has 0 saturated carbocycles. The van der Waals surface area contributed by atoms with Crippen molar-refractivity contribution in [2.24, 2.45) is 7.05 Å². The molecule has 3 rings (SSSR count). The molecule has 22 heavy (non-hydrogen) atoms. The lowest BCUT2D eigenvalue weighted by Crippen LogP contribution is -2.05. The van der Waals surface area contributed by atoms with Gasteiger partial charge in [-0.05, 0) is 12.1 Å². The predicted molar refractivity (Wildman–Crippen MR) is 87.3 cm³/mol. The zero-order valence-corrected chi connectivity index (χ0v) is 12.7. The summed E-state index contributed by atoms with van der Waals surface area (Å²) in [5.74, 6) is 1.07. The van der Waals surface area contributed by atoms with E-state index in [0.29, 0.717) is 23.3 Å². The lowest BCUT2D eigenvalue weighted by atomic mass is 10.3. The van der Waals surface area contributed by atoms with Crippen molar-refractivity contribution in [3.8, 4) is 0 Å². The molecule has 2 heterocycles. The summed E-state index contributed by atoms with van der Waals surface area (Å²) in [5, 5.41) is 10.9. The van der Waals surface area contributed by atoms with Crippen LogP contribution in [0.2, 0.25) is 5.02 Å². The van der Waals surface area contributed by atoms with Crippen LogP contribution in [0.25, 0.3) is 0 Å². The van der Waals surface area contributed by atoms with Gasteiger partial charge in [-0.15, -0.1) is 0 Å². The second-order valence-electron chi connectivity index (χ2n) is 4.76. The third kappa shape index (κ3) is 3.53. The van der Waals surface area contributed by atoms with E-state index in [1.807, 2.05) is 43.6 Å². The lowest BCUT2D eigenvalue weighted by Gasteiger charge is -2.09. The van der Waals surface area contributed by atoms with Crippen LogP contribution in [0.4, 0.5) is 17.5 Å². The van der Waals surface area contributed by atoms with Gasteiger partial charge in [0.15, 0.2) is 5.82 Å². The van der Waals surface area contributed by atoms with Crippen molar-refractivity contribution in [3.63, 3.8) is 0 Å². The molecule has 0 atom stereocenters. The maximum atomic E-state index is 6.14. The maximum Gasteiger partial charge on any atom is 0.224 e. The van der Waals surface area contributed by atoms with Crippen LogP contribution in [0.15, 0.2) is 48.9 Å². The van der Waals surface area contributed by atoms with Crippen molar-refractivity contribution in [2.75, 3.05) is 10.6 Å². The number of nitrogens with one attached hydrogen (secondary N) is 2. The summed E-state index contributed by atoms with van der Waals surface area (Å²) in [6.07, 6.45) is 5.31. The van der Waals surface area contributed by atoms with Gasteiger partial charge in [0.25, 0.3) is 0 Å². The van der Waals surface area contributed by atoms with Gasteiger partial charge in [-0.3, -0.25) is 4.68 Å². The number of nitrogens with zero attached hydrogens (tertiary/aromatic N) is 4. The van der Waals surface area contributed by atoms with Gasteiger partial charge in [0.1, 0.15) is 5.02 Å². The monoisotopic (exact) mass is 314 g/mol. The molecule has 0 bridgehead atoms. The van der Waals surface area contributed by atoms with Crippen molar-refractivity contribution in [1.29, 1.82) is 0 Å². The molecule has 0 amide bonds. The van der Waals surface area contributed by atoms with Gasteiger partial charge in [-0.1, -0.05) is 29.8 Å². The fraction of sp³-hybridized carbons (Fsp3) is 0.133. The Morgan fingerprint density at radius 3 is 2.73 bits per heavy atom. The molecule has 0 saturated heterocycles. The standard InChI is InChI=1S/C15H15ClN6/c1-22-10-11(8-19-22)7-17-15-18-9-13(16)14(21-15)20-12-5-3-2-4-6-12/h2-6,8-10H,7H2,1H3,(H2,17,18,20,21). The van der Waals surface area contributed by atoms with E-state index in [9.17, 15) is 0 Å². The summed E-state index contributed by atoms with van der Waals surface area (Å²) in [6, 6.07) is 9.73. The van der Waals surface area contributed by atoms with Crippen molar-refractivity contribution in [2.45, 2.75) is 6.54 Å². The molecule has 0 spiro atoms. The third-order valence-corrected chi connectivity index (χ3v) is 3.27. The minimum Gasteiger partial charge on any atom is -0.350 e. The Labute approximate surface area is 133 Å². The van der Waals surface area contributed by atoms with Crippen LogP contribution in [0.5, 0.6) is 0 Å². The highest BCUT2D eigenvalue weighted by Crippen LogP contribution is 2.23. The van der Waals surface area contributed by atoms with Crippen molar-refractivity contribution in [3.05, 3.63) is 59.5 Å². The molecule has 6 nitrogen and oxygen atoms in total. The third-order valence-electron chi connectivity index (χ3n) is 2.99. The second kappa shape index (κ2) is 6.44. The molecule has 0 fully saturated rings. The second-order valence-corrected chi connectivity index (χ2v) is 5.16. The highest BCUT2D eigenvalue weighted by Gasteiger charge is 2.06. The van der Waals surface area contributed by atoms with Crippen molar-refractivity contribution < 1.29 is 0 Å². The summed E-state index contributed by atoms with van der Waals surface area (Å²) >= 11 is 6.14. The summed E-state index contributed by atoms with van der Waals surface area (Å²) < 4.78 is 1.75. The zero-order valence-electron chi connectivity index (χ0n) is 12.0. The van der Waals surface area contributed by atoms with Crippen LogP contribution >= 0.6 is 11.6 Å². The number of halogens is 1. The van der Waals surface area contributed by atoms with Crippen molar-refractivity contribution >= 4 is 29.1 Å². The first kappa shape index (κ1) is 14.3. The summed E-state index contributed by atoms with van der Waals surface area (Å²) in [7, 11) is 1.88. The van der Waals surface area contributed by atoms with Crippen LogP contribution < -0.4 is 10.6 Å². The molecule has 0 aliphatic rings. The molecule has 1 aromatic carbocycles. The molecular weight excluding hydrogens is 300 g/mol. The molecule has 2 aromatic heterocycles. The highest BCUT2D eigenvalue weighted by atomic mass is 35.5. The molecule has 2 N–H and O–H groups in total. The average Bonchev–Trinajstić information content (AvgIpc) is 2.95. The number of benzene rings is 1. The largest absolute Gasteiger partial charge is 0.350 e. The van der Waals surface area contributed by atoms with E-state index in [0.717, 1.165) is 11.3 Å². The SMILES string of the molecule is Cn1cc(CNc2ncc(Cl)c(Nc3ccccc3)n2)cn1. The molecular formula is C15H15ClN6. The van der Waals surface area contributed by atoms with Crippen LogP contribution in [0.3, 0.4) is 0 Å².